The Bertz CT molecular complexity index is 554. The van der Waals surface area contributed by atoms with Gasteiger partial charge in [-0.25, -0.2) is 4.98 Å². The molecule has 0 amide bonds. The molecule has 1 aromatic heterocycles. The van der Waals surface area contributed by atoms with E-state index in [1.807, 2.05) is 24.3 Å². The number of benzene rings is 1. The Hall–Kier alpha value is -0.510. The first-order chi connectivity index (χ1) is 7.46. The number of fused-ring (bicyclic) bond motifs is 1. The van der Waals surface area contributed by atoms with E-state index in [0.717, 1.165) is 10.2 Å². The van der Waals surface area contributed by atoms with E-state index in [2.05, 4.69) is 4.98 Å². The number of rotatable bonds is 3. The van der Waals surface area contributed by atoms with Crippen molar-refractivity contribution in [3.63, 3.8) is 0 Å². The molecule has 0 N–H and O–H groups in total. The predicted octanol–water partition coefficient (Wildman–Crippen LogP) is 2.98. The van der Waals surface area contributed by atoms with Crippen LogP contribution in [0.5, 0.6) is 0 Å². The van der Waals surface area contributed by atoms with Gasteiger partial charge in [-0.2, -0.15) is 0 Å². The Labute approximate surface area is 101 Å². The molecule has 0 saturated heterocycles. The molecule has 2 aromatic rings. The highest BCUT2D eigenvalue weighted by molar-refractivity contribution is 7.95. The van der Waals surface area contributed by atoms with Gasteiger partial charge in [0.25, 0.3) is 0 Å². The third kappa shape index (κ3) is 2.78. The number of nitrogens with zero attached hydrogens (tertiary/aromatic N) is 1. The summed E-state index contributed by atoms with van der Waals surface area (Å²) in [5, 5.41) is 0. The Morgan fingerprint density at radius 3 is 2.69 bits per heavy atom. The highest BCUT2D eigenvalue weighted by Gasteiger charge is 2.17. The minimum atomic E-state index is -2.26. The highest BCUT2D eigenvalue weighted by Crippen LogP contribution is 2.38. The number of hydrogen-bond donors (Lipinski definition) is 0. The molecule has 0 radical (unpaired) electrons. The monoisotopic (exact) mass is 273 g/mol. The molecular weight excluding hydrogens is 261 g/mol. The summed E-state index contributed by atoms with van der Waals surface area (Å²) in [6, 6.07) is 7.67. The van der Waals surface area contributed by atoms with Gasteiger partial charge in [-0.1, -0.05) is 12.1 Å². The molecule has 0 aliphatic rings. The minimum absolute atomic E-state index is 0.215. The first kappa shape index (κ1) is 12.0. The topological polar surface area (TPSA) is 47.0 Å². The minimum Gasteiger partial charge on any atom is -0.323 e. The van der Waals surface area contributed by atoms with Gasteiger partial charge in [0, 0.05) is 0 Å². The van der Waals surface area contributed by atoms with Crippen molar-refractivity contribution in [2.45, 2.75) is 4.34 Å². The lowest BCUT2D eigenvalue weighted by molar-refractivity contribution is 0.585. The first-order valence-electron chi connectivity index (χ1n) is 4.74. The molecule has 3 nitrogen and oxygen atoms in total. The quantitative estimate of drug-likeness (QED) is 0.808. The predicted molar refractivity (Wildman–Crippen MR) is 70.3 cm³/mol. The average Bonchev–Trinajstić information content (AvgIpc) is 2.58. The fourth-order valence-corrected chi connectivity index (χ4v) is 6.00. The molecule has 1 aromatic carbocycles. The fraction of sp³-hybridized carbons (Fsp3) is 0.300. The molecule has 0 aliphatic carbocycles. The highest BCUT2D eigenvalue weighted by atomic mass is 32.2. The smallest absolute Gasteiger partial charge is 0.182 e. The molecule has 0 spiro atoms. The van der Waals surface area contributed by atoms with Crippen molar-refractivity contribution in [2.24, 2.45) is 0 Å². The van der Waals surface area contributed by atoms with Crippen molar-refractivity contribution >= 4 is 39.5 Å². The van der Waals surface area contributed by atoms with Crippen molar-refractivity contribution in [2.75, 3.05) is 18.8 Å². The summed E-state index contributed by atoms with van der Waals surface area (Å²) in [4.78, 5) is 4.29. The first-order valence-corrected chi connectivity index (χ1v) is 9.66. The van der Waals surface area contributed by atoms with Crippen LogP contribution in [0.25, 0.3) is 10.2 Å². The Balaban J connectivity index is 2.34. The van der Waals surface area contributed by atoms with Crippen LogP contribution in [0.15, 0.2) is 28.6 Å². The Morgan fingerprint density at radius 1 is 1.38 bits per heavy atom. The zero-order valence-corrected chi connectivity index (χ0v) is 11.6. The third-order valence-corrected chi connectivity index (χ3v) is 7.44. The maximum absolute atomic E-state index is 11.9. The Morgan fingerprint density at radius 2 is 2.06 bits per heavy atom. The van der Waals surface area contributed by atoms with Crippen LogP contribution in [-0.4, -0.2) is 28.0 Å². The van der Waals surface area contributed by atoms with Crippen LogP contribution in [0, 0.1) is 0 Å². The van der Waals surface area contributed by atoms with Gasteiger partial charge >= 0.3 is 0 Å². The summed E-state index contributed by atoms with van der Waals surface area (Å²) < 4.78 is 25.1. The van der Waals surface area contributed by atoms with Crippen LogP contribution in [0.1, 0.15) is 0 Å². The van der Waals surface area contributed by atoms with E-state index in [-0.39, 0.29) is 5.49 Å². The summed E-state index contributed by atoms with van der Waals surface area (Å²) in [5.74, 6) is 0. The molecule has 2 rings (SSSR count). The van der Waals surface area contributed by atoms with Gasteiger partial charge in [-0.3, -0.25) is 4.21 Å². The van der Waals surface area contributed by atoms with Gasteiger partial charge in [0.2, 0.25) is 0 Å². The van der Waals surface area contributed by atoms with Gasteiger partial charge in [0.1, 0.15) is 0 Å². The molecule has 16 heavy (non-hydrogen) atoms. The lowest BCUT2D eigenvalue weighted by Crippen LogP contribution is -1.97. The summed E-state index contributed by atoms with van der Waals surface area (Å²) in [6.45, 7) is 3.30. The van der Waals surface area contributed by atoms with E-state index in [0.29, 0.717) is 4.34 Å². The van der Waals surface area contributed by atoms with E-state index >= 15 is 0 Å². The number of para-hydroxylation sites is 1. The molecule has 86 valence electrons. The zero-order valence-electron chi connectivity index (χ0n) is 9.04. The second kappa shape index (κ2) is 4.40. The number of hydrogen-bond acceptors (Lipinski definition) is 4. The van der Waals surface area contributed by atoms with Gasteiger partial charge < -0.3 is 4.57 Å². The fourth-order valence-electron chi connectivity index (χ4n) is 1.29. The summed E-state index contributed by atoms with van der Waals surface area (Å²) in [7, 11) is -3.51. The summed E-state index contributed by atoms with van der Waals surface area (Å²) >= 11 is 1.41. The van der Waals surface area contributed by atoms with Crippen molar-refractivity contribution in [1.29, 1.82) is 0 Å². The maximum Gasteiger partial charge on any atom is 0.182 e. The lowest BCUT2D eigenvalue weighted by atomic mass is 10.3. The molecule has 0 aliphatic heterocycles. The second-order valence-electron chi connectivity index (χ2n) is 4.00. The average molecular weight is 273 g/mol. The van der Waals surface area contributed by atoms with Crippen molar-refractivity contribution in [3.8, 4) is 0 Å². The van der Waals surface area contributed by atoms with Crippen LogP contribution >= 0.6 is 18.5 Å². The SMILES string of the molecule is CP(C)(=O)CS(=O)c1nc2ccccc2s1. The molecular formula is C10H12NO2PS2. The van der Waals surface area contributed by atoms with Crippen LogP contribution < -0.4 is 0 Å². The van der Waals surface area contributed by atoms with Gasteiger partial charge in [0.15, 0.2) is 4.34 Å². The largest absolute Gasteiger partial charge is 0.323 e. The van der Waals surface area contributed by atoms with Crippen LogP contribution in [-0.2, 0) is 15.4 Å². The molecule has 1 unspecified atom stereocenters. The standard InChI is InChI=1S/C10H12NO2PS2/c1-14(2,12)7-16(13)10-11-8-5-3-4-6-9(8)15-10/h3-6H,7H2,1-2H3. The van der Waals surface area contributed by atoms with Crippen LogP contribution in [0.4, 0.5) is 0 Å². The molecule has 1 atom stereocenters. The molecule has 6 heteroatoms. The normalized spacial score (nSPS) is 14.1. The summed E-state index contributed by atoms with van der Waals surface area (Å²) in [6.07, 6.45) is 0. The van der Waals surface area contributed by atoms with E-state index < -0.39 is 17.9 Å². The van der Waals surface area contributed by atoms with E-state index in [1.165, 1.54) is 11.3 Å². The van der Waals surface area contributed by atoms with Gasteiger partial charge in [0.05, 0.1) is 33.7 Å². The second-order valence-corrected chi connectivity index (χ2v) is 10.5. The lowest BCUT2D eigenvalue weighted by Gasteiger charge is -2.02. The maximum atomic E-state index is 11.9. The third-order valence-electron chi connectivity index (χ3n) is 1.90. The van der Waals surface area contributed by atoms with E-state index in [1.54, 1.807) is 13.3 Å². The van der Waals surface area contributed by atoms with Gasteiger partial charge in [-0.05, 0) is 25.5 Å². The van der Waals surface area contributed by atoms with Gasteiger partial charge in [-0.15, -0.1) is 11.3 Å². The molecule has 0 saturated carbocycles. The van der Waals surface area contributed by atoms with E-state index in [4.69, 9.17) is 0 Å². The van der Waals surface area contributed by atoms with E-state index in [9.17, 15) is 8.77 Å². The molecule has 0 bridgehead atoms. The number of thiazole rings is 1. The number of aromatic nitrogens is 1. The molecule has 1 heterocycles. The molecule has 0 fully saturated rings. The van der Waals surface area contributed by atoms with Crippen molar-refractivity contribution < 1.29 is 8.77 Å². The van der Waals surface area contributed by atoms with Crippen molar-refractivity contribution in [3.05, 3.63) is 24.3 Å². The van der Waals surface area contributed by atoms with Crippen molar-refractivity contribution in [1.82, 2.24) is 4.98 Å². The Kier molecular flexibility index (Phi) is 3.29. The zero-order chi connectivity index (χ0) is 11.8. The summed E-state index contributed by atoms with van der Waals surface area (Å²) in [5.41, 5.74) is 1.07. The van der Waals surface area contributed by atoms with Crippen LogP contribution in [0.3, 0.4) is 0 Å². The van der Waals surface area contributed by atoms with Crippen LogP contribution in [0.2, 0.25) is 0 Å².